The summed E-state index contributed by atoms with van der Waals surface area (Å²) in [6, 6.07) is 3.42. The van der Waals surface area contributed by atoms with Crippen LogP contribution in [0.4, 0.5) is 0 Å². The summed E-state index contributed by atoms with van der Waals surface area (Å²) < 4.78 is 32.4. The van der Waals surface area contributed by atoms with Gasteiger partial charge in [0.1, 0.15) is 10.6 Å². The molecule has 22 heavy (non-hydrogen) atoms. The van der Waals surface area contributed by atoms with E-state index in [2.05, 4.69) is 10.1 Å². The third-order valence-corrected chi connectivity index (χ3v) is 5.65. The van der Waals surface area contributed by atoms with Crippen molar-refractivity contribution in [3.63, 3.8) is 0 Å². The molecule has 3 heterocycles. The van der Waals surface area contributed by atoms with Crippen molar-refractivity contribution >= 4 is 21.4 Å². The maximum absolute atomic E-state index is 12.2. The van der Waals surface area contributed by atoms with Gasteiger partial charge in [-0.15, -0.1) is 0 Å². The zero-order valence-corrected chi connectivity index (χ0v) is 13.8. The van der Waals surface area contributed by atoms with Crippen molar-refractivity contribution in [3.05, 3.63) is 29.1 Å². The molecule has 7 nitrogen and oxygen atoms in total. The molecule has 0 aliphatic heterocycles. The van der Waals surface area contributed by atoms with E-state index in [0.717, 1.165) is 9.87 Å². The molecule has 0 saturated heterocycles. The molecule has 0 aliphatic carbocycles. The van der Waals surface area contributed by atoms with Crippen LogP contribution in [0.2, 0.25) is 0 Å². The molecule has 0 bridgehead atoms. The molecule has 3 rings (SSSR count). The van der Waals surface area contributed by atoms with Crippen molar-refractivity contribution in [2.45, 2.75) is 4.90 Å². The number of hydrogen-bond donors (Lipinski definition) is 0. The molecule has 3 aromatic heterocycles. The molecule has 0 fully saturated rings. The third-order valence-electron chi connectivity index (χ3n) is 3.18. The maximum atomic E-state index is 12.2. The first-order valence-corrected chi connectivity index (χ1v) is 8.73. The van der Waals surface area contributed by atoms with Crippen LogP contribution in [0, 0.1) is 0 Å². The van der Waals surface area contributed by atoms with Gasteiger partial charge in [-0.1, -0.05) is 5.16 Å². The van der Waals surface area contributed by atoms with Crippen LogP contribution < -0.4 is 0 Å². The highest BCUT2D eigenvalue weighted by Gasteiger charge is 2.22. The lowest BCUT2D eigenvalue weighted by Gasteiger charge is -2.08. The van der Waals surface area contributed by atoms with Gasteiger partial charge in [0.15, 0.2) is 0 Å². The second-order valence-electron chi connectivity index (χ2n) is 4.89. The van der Waals surface area contributed by atoms with Crippen LogP contribution in [-0.2, 0) is 17.1 Å². The van der Waals surface area contributed by atoms with Crippen LogP contribution >= 0.6 is 11.3 Å². The number of aromatic nitrogens is 3. The Labute approximate surface area is 131 Å². The quantitative estimate of drug-likeness (QED) is 0.727. The predicted molar refractivity (Wildman–Crippen MR) is 82.9 cm³/mol. The average molecular weight is 338 g/mol. The van der Waals surface area contributed by atoms with Crippen molar-refractivity contribution < 1.29 is 12.9 Å². The van der Waals surface area contributed by atoms with Gasteiger partial charge in [0.25, 0.3) is 5.89 Å². The fourth-order valence-corrected chi connectivity index (χ4v) is 3.54. The van der Waals surface area contributed by atoms with Crippen LogP contribution in [0.25, 0.3) is 23.0 Å². The Kier molecular flexibility index (Phi) is 3.63. The highest BCUT2D eigenvalue weighted by molar-refractivity contribution is 7.89. The summed E-state index contributed by atoms with van der Waals surface area (Å²) in [6.07, 6.45) is 1.53. The molecule has 0 atom stereocenters. The molecule has 0 amide bonds. The monoisotopic (exact) mass is 338 g/mol. The van der Waals surface area contributed by atoms with Crippen molar-refractivity contribution in [3.8, 4) is 23.0 Å². The lowest BCUT2D eigenvalue weighted by molar-refractivity contribution is 0.429. The van der Waals surface area contributed by atoms with Crippen LogP contribution in [0.3, 0.4) is 0 Å². The molecule has 0 aromatic carbocycles. The maximum Gasteiger partial charge on any atom is 0.274 e. The first kappa shape index (κ1) is 14.9. The highest BCUT2D eigenvalue weighted by Crippen LogP contribution is 2.26. The fourth-order valence-electron chi connectivity index (χ4n) is 1.94. The SMILES string of the molecule is CN(C)S(=O)(=O)c1cc(-c2nc(-c3ccsc3)no2)n(C)c1. The summed E-state index contributed by atoms with van der Waals surface area (Å²) in [6.45, 7) is 0. The Morgan fingerprint density at radius 2 is 2.14 bits per heavy atom. The zero-order chi connectivity index (χ0) is 15.9. The molecule has 116 valence electrons. The Hall–Kier alpha value is -1.97. The van der Waals surface area contributed by atoms with Gasteiger partial charge in [0.05, 0.1) is 0 Å². The second kappa shape index (κ2) is 5.34. The minimum absolute atomic E-state index is 0.185. The lowest BCUT2D eigenvalue weighted by Crippen LogP contribution is -2.21. The van der Waals surface area contributed by atoms with Gasteiger partial charge in [-0.25, -0.2) is 12.7 Å². The summed E-state index contributed by atoms with van der Waals surface area (Å²) in [5.74, 6) is 0.762. The van der Waals surface area contributed by atoms with Crippen molar-refractivity contribution in [1.82, 2.24) is 19.0 Å². The first-order valence-electron chi connectivity index (χ1n) is 6.35. The molecule has 9 heteroatoms. The number of thiophene rings is 1. The summed E-state index contributed by atoms with van der Waals surface area (Å²) in [5, 5.41) is 7.77. The number of hydrogen-bond acceptors (Lipinski definition) is 6. The normalized spacial score (nSPS) is 12.2. The number of rotatable bonds is 4. The molecular formula is C13H14N4O3S2. The zero-order valence-electron chi connectivity index (χ0n) is 12.2. The van der Waals surface area contributed by atoms with Gasteiger partial charge < -0.3 is 9.09 Å². The van der Waals surface area contributed by atoms with E-state index in [1.54, 1.807) is 23.0 Å². The Bertz CT molecular complexity index is 892. The largest absolute Gasteiger partial charge is 0.345 e. The van der Waals surface area contributed by atoms with E-state index in [-0.39, 0.29) is 10.8 Å². The summed E-state index contributed by atoms with van der Waals surface area (Å²) in [4.78, 5) is 4.51. The summed E-state index contributed by atoms with van der Waals surface area (Å²) in [5.41, 5.74) is 1.42. The molecule has 0 aliphatic rings. The van der Waals surface area contributed by atoms with Gasteiger partial charge in [-0.3, -0.25) is 0 Å². The van der Waals surface area contributed by atoms with Crippen LogP contribution in [0.15, 0.2) is 38.5 Å². The van der Waals surface area contributed by atoms with Crippen LogP contribution in [0.5, 0.6) is 0 Å². The predicted octanol–water partition coefficient (Wildman–Crippen LogP) is 2.05. The van der Waals surface area contributed by atoms with Crippen molar-refractivity contribution in [2.24, 2.45) is 7.05 Å². The van der Waals surface area contributed by atoms with Gasteiger partial charge in [0, 0.05) is 38.3 Å². The molecule has 0 radical (unpaired) electrons. The van der Waals surface area contributed by atoms with E-state index >= 15 is 0 Å². The van der Waals surface area contributed by atoms with E-state index in [4.69, 9.17) is 4.52 Å². The topological polar surface area (TPSA) is 81.2 Å². The highest BCUT2D eigenvalue weighted by atomic mass is 32.2. The summed E-state index contributed by atoms with van der Waals surface area (Å²) in [7, 11) is 1.21. The molecule has 0 spiro atoms. The minimum atomic E-state index is -3.50. The Balaban J connectivity index is 2.02. The average Bonchev–Trinajstić information content (AvgIpc) is 3.17. The molecule has 0 unspecified atom stereocenters. The fraction of sp³-hybridized carbons (Fsp3) is 0.231. The lowest BCUT2D eigenvalue weighted by atomic mass is 10.3. The Morgan fingerprint density at radius 1 is 1.36 bits per heavy atom. The molecular weight excluding hydrogens is 324 g/mol. The van der Waals surface area contributed by atoms with Crippen molar-refractivity contribution in [1.29, 1.82) is 0 Å². The third kappa shape index (κ3) is 2.47. The van der Waals surface area contributed by atoms with Crippen LogP contribution in [0.1, 0.15) is 0 Å². The second-order valence-corrected chi connectivity index (χ2v) is 7.83. The van der Waals surface area contributed by atoms with Gasteiger partial charge in [-0.2, -0.15) is 16.3 Å². The molecule has 0 N–H and O–H groups in total. The Morgan fingerprint density at radius 3 is 2.77 bits per heavy atom. The van der Waals surface area contributed by atoms with E-state index in [1.807, 2.05) is 16.8 Å². The number of nitrogens with zero attached hydrogens (tertiary/aromatic N) is 4. The smallest absolute Gasteiger partial charge is 0.274 e. The standard InChI is InChI=1S/C13H14N4O3S2/c1-16(2)22(18,19)10-6-11(17(3)7-10)13-14-12(15-20-13)9-4-5-21-8-9/h4-8H,1-3H3. The van der Waals surface area contributed by atoms with Gasteiger partial charge in [0.2, 0.25) is 15.8 Å². The number of sulfonamides is 1. The van der Waals surface area contributed by atoms with E-state index in [0.29, 0.717) is 11.5 Å². The van der Waals surface area contributed by atoms with Gasteiger partial charge in [-0.05, 0) is 17.5 Å². The van der Waals surface area contributed by atoms with E-state index in [1.165, 1.54) is 26.4 Å². The van der Waals surface area contributed by atoms with E-state index in [9.17, 15) is 8.42 Å². The summed E-state index contributed by atoms with van der Waals surface area (Å²) >= 11 is 1.54. The molecule has 3 aromatic rings. The van der Waals surface area contributed by atoms with E-state index < -0.39 is 10.0 Å². The van der Waals surface area contributed by atoms with Crippen LogP contribution in [-0.4, -0.2) is 41.5 Å². The minimum Gasteiger partial charge on any atom is -0.345 e. The van der Waals surface area contributed by atoms with Gasteiger partial charge >= 0.3 is 0 Å². The first-order chi connectivity index (χ1) is 10.4. The molecule has 0 saturated carbocycles. The van der Waals surface area contributed by atoms with Crippen molar-refractivity contribution in [2.75, 3.05) is 14.1 Å². The number of aryl methyl sites for hydroxylation is 1.